The van der Waals surface area contributed by atoms with Gasteiger partial charge in [-0.3, -0.25) is 9.69 Å². The van der Waals surface area contributed by atoms with Crippen molar-refractivity contribution >= 4 is 23.6 Å². The maximum Gasteiger partial charge on any atom is 0.410 e. The lowest BCUT2D eigenvalue weighted by Crippen LogP contribution is -2.55. The first-order chi connectivity index (χ1) is 10.1. The minimum atomic E-state index is -0.431. The second-order valence-electron chi connectivity index (χ2n) is 5.28. The van der Waals surface area contributed by atoms with E-state index in [-0.39, 0.29) is 18.5 Å². The fourth-order valence-corrected chi connectivity index (χ4v) is 3.23. The SMILES string of the molecule is CCOC(=O)N1CC(=O)N2CCc3ccc(Cl)cc3C2C1. The normalized spacial score (nSPS) is 20.9. The molecule has 0 bridgehead atoms. The average molecular weight is 309 g/mol. The monoisotopic (exact) mass is 308 g/mol. The number of amides is 2. The Labute approximate surface area is 128 Å². The van der Waals surface area contributed by atoms with Crippen LogP contribution in [-0.2, 0) is 16.0 Å². The van der Waals surface area contributed by atoms with Crippen molar-refractivity contribution in [3.63, 3.8) is 0 Å². The molecule has 1 unspecified atom stereocenters. The topological polar surface area (TPSA) is 49.9 Å². The molecule has 1 saturated heterocycles. The summed E-state index contributed by atoms with van der Waals surface area (Å²) in [6, 6.07) is 5.64. The van der Waals surface area contributed by atoms with Gasteiger partial charge in [-0.15, -0.1) is 0 Å². The van der Waals surface area contributed by atoms with Gasteiger partial charge in [0.15, 0.2) is 0 Å². The third-order valence-electron chi connectivity index (χ3n) is 4.03. The van der Waals surface area contributed by atoms with Gasteiger partial charge in [0.05, 0.1) is 12.6 Å². The van der Waals surface area contributed by atoms with E-state index in [1.807, 2.05) is 23.1 Å². The third kappa shape index (κ3) is 2.58. The van der Waals surface area contributed by atoms with Crippen LogP contribution in [0.3, 0.4) is 0 Å². The number of carbonyl (C=O) groups excluding carboxylic acids is 2. The maximum atomic E-state index is 12.3. The van der Waals surface area contributed by atoms with Crippen molar-refractivity contribution in [2.24, 2.45) is 0 Å². The predicted octanol–water partition coefficient (Wildman–Crippen LogP) is 2.24. The molecule has 21 heavy (non-hydrogen) atoms. The van der Waals surface area contributed by atoms with Crippen molar-refractivity contribution in [2.45, 2.75) is 19.4 Å². The Hall–Kier alpha value is -1.75. The summed E-state index contributed by atoms with van der Waals surface area (Å²) in [5.41, 5.74) is 2.23. The second kappa shape index (κ2) is 5.56. The summed E-state index contributed by atoms with van der Waals surface area (Å²) in [5.74, 6) is -0.0371. The van der Waals surface area contributed by atoms with Gasteiger partial charge in [0, 0.05) is 18.1 Å². The lowest BCUT2D eigenvalue weighted by Gasteiger charge is -2.44. The third-order valence-corrected chi connectivity index (χ3v) is 4.27. The van der Waals surface area contributed by atoms with Crippen LogP contribution >= 0.6 is 11.6 Å². The molecule has 0 aliphatic carbocycles. The first kappa shape index (κ1) is 14.2. The summed E-state index contributed by atoms with van der Waals surface area (Å²) in [7, 11) is 0. The Balaban J connectivity index is 1.91. The second-order valence-corrected chi connectivity index (χ2v) is 5.71. The number of fused-ring (bicyclic) bond motifs is 3. The highest BCUT2D eigenvalue weighted by atomic mass is 35.5. The van der Waals surface area contributed by atoms with E-state index in [4.69, 9.17) is 16.3 Å². The number of ether oxygens (including phenoxy) is 1. The van der Waals surface area contributed by atoms with Gasteiger partial charge in [0.25, 0.3) is 0 Å². The molecule has 0 aromatic heterocycles. The molecular weight excluding hydrogens is 292 g/mol. The van der Waals surface area contributed by atoms with Gasteiger partial charge in [-0.2, -0.15) is 0 Å². The van der Waals surface area contributed by atoms with Crippen LogP contribution < -0.4 is 0 Å². The van der Waals surface area contributed by atoms with E-state index in [1.165, 1.54) is 10.5 Å². The smallest absolute Gasteiger partial charge is 0.410 e. The molecule has 1 atom stereocenters. The zero-order valence-corrected chi connectivity index (χ0v) is 12.6. The van der Waals surface area contributed by atoms with E-state index in [2.05, 4.69) is 0 Å². The average Bonchev–Trinajstić information content (AvgIpc) is 2.47. The summed E-state index contributed by atoms with van der Waals surface area (Å²) in [4.78, 5) is 27.5. The Morgan fingerprint density at radius 2 is 2.29 bits per heavy atom. The molecule has 2 amide bonds. The van der Waals surface area contributed by atoms with Gasteiger partial charge in [0.1, 0.15) is 6.54 Å². The Morgan fingerprint density at radius 3 is 3.05 bits per heavy atom. The quantitative estimate of drug-likeness (QED) is 0.799. The molecular formula is C15H17ClN2O3. The van der Waals surface area contributed by atoms with E-state index >= 15 is 0 Å². The molecule has 1 fully saturated rings. The lowest BCUT2D eigenvalue weighted by atomic mass is 9.91. The molecule has 0 radical (unpaired) electrons. The van der Waals surface area contributed by atoms with Gasteiger partial charge in [-0.05, 0) is 36.6 Å². The standard InChI is InChI=1S/C15H17ClN2O3/c1-2-21-15(20)17-8-13-12-7-11(16)4-3-10(12)5-6-18(13)14(19)9-17/h3-4,7,13H,2,5-6,8-9H2,1H3. The Bertz CT molecular complexity index is 590. The molecule has 3 rings (SSSR count). The fourth-order valence-electron chi connectivity index (χ4n) is 3.04. The largest absolute Gasteiger partial charge is 0.450 e. The van der Waals surface area contributed by atoms with Crippen LogP contribution in [-0.4, -0.2) is 48.0 Å². The minimum Gasteiger partial charge on any atom is -0.450 e. The van der Waals surface area contributed by atoms with Crippen LogP contribution in [0, 0.1) is 0 Å². The molecule has 5 nitrogen and oxygen atoms in total. The van der Waals surface area contributed by atoms with Crippen LogP contribution in [0.4, 0.5) is 4.79 Å². The van der Waals surface area contributed by atoms with Crippen molar-refractivity contribution in [1.29, 1.82) is 0 Å². The summed E-state index contributed by atoms with van der Waals surface area (Å²) in [5, 5.41) is 0.649. The first-order valence-corrected chi connectivity index (χ1v) is 7.47. The van der Waals surface area contributed by atoms with Crippen LogP contribution in [0.5, 0.6) is 0 Å². The molecule has 0 saturated carbocycles. The van der Waals surface area contributed by atoms with E-state index < -0.39 is 6.09 Å². The van der Waals surface area contributed by atoms with Crippen LogP contribution in [0.2, 0.25) is 5.02 Å². The van der Waals surface area contributed by atoms with E-state index in [0.29, 0.717) is 24.7 Å². The van der Waals surface area contributed by atoms with E-state index in [9.17, 15) is 9.59 Å². The van der Waals surface area contributed by atoms with Crippen molar-refractivity contribution < 1.29 is 14.3 Å². The van der Waals surface area contributed by atoms with E-state index in [1.54, 1.807) is 6.92 Å². The summed E-state index contributed by atoms with van der Waals surface area (Å²) in [6.45, 7) is 3.30. The fraction of sp³-hybridized carbons (Fsp3) is 0.467. The molecule has 2 heterocycles. The van der Waals surface area contributed by atoms with Crippen LogP contribution in [0.1, 0.15) is 24.1 Å². The van der Waals surface area contributed by atoms with Crippen LogP contribution in [0.15, 0.2) is 18.2 Å². The van der Waals surface area contributed by atoms with E-state index in [0.717, 1.165) is 12.0 Å². The number of hydrogen-bond donors (Lipinski definition) is 0. The van der Waals surface area contributed by atoms with Crippen molar-refractivity contribution in [1.82, 2.24) is 9.80 Å². The summed E-state index contributed by atoms with van der Waals surface area (Å²) in [6.07, 6.45) is 0.397. The zero-order valence-electron chi connectivity index (χ0n) is 11.8. The molecule has 112 valence electrons. The molecule has 6 heteroatoms. The molecule has 1 aromatic rings. The van der Waals surface area contributed by atoms with Gasteiger partial charge in [-0.1, -0.05) is 17.7 Å². The maximum absolute atomic E-state index is 12.3. The number of piperazine rings is 1. The molecule has 2 aliphatic heterocycles. The van der Waals surface area contributed by atoms with Crippen molar-refractivity contribution in [3.05, 3.63) is 34.3 Å². The number of halogens is 1. The predicted molar refractivity (Wildman–Crippen MR) is 78.2 cm³/mol. The minimum absolute atomic E-state index is 0.0371. The highest BCUT2D eigenvalue weighted by molar-refractivity contribution is 6.30. The zero-order chi connectivity index (χ0) is 15.0. The summed E-state index contributed by atoms with van der Waals surface area (Å²) < 4.78 is 5.01. The number of hydrogen-bond acceptors (Lipinski definition) is 3. The first-order valence-electron chi connectivity index (χ1n) is 7.09. The van der Waals surface area contributed by atoms with Crippen LogP contribution in [0.25, 0.3) is 0 Å². The van der Waals surface area contributed by atoms with Gasteiger partial charge < -0.3 is 9.64 Å². The molecule has 2 aliphatic rings. The van der Waals surface area contributed by atoms with Crippen molar-refractivity contribution in [2.75, 3.05) is 26.2 Å². The van der Waals surface area contributed by atoms with Gasteiger partial charge >= 0.3 is 6.09 Å². The lowest BCUT2D eigenvalue weighted by molar-refractivity contribution is -0.139. The van der Waals surface area contributed by atoms with Gasteiger partial charge in [-0.25, -0.2) is 4.79 Å². The Morgan fingerprint density at radius 1 is 1.48 bits per heavy atom. The molecule has 1 aromatic carbocycles. The number of rotatable bonds is 1. The number of carbonyl (C=O) groups is 2. The summed E-state index contributed by atoms with van der Waals surface area (Å²) >= 11 is 6.08. The highest BCUT2D eigenvalue weighted by Gasteiger charge is 2.39. The van der Waals surface area contributed by atoms with Crippen molar-refractivity contribution in [3.8, 4) is 0 Å². The van der Waals surface area contributed by atoms with Gasteiger partial charge in [0.2, 0.25) is 5.91 Å². The highest BCUT2D eigenvalue weighted by Crippen LogP contribution is 2.34. The molecule has 0 spiro atoms. The number of nitrogens with zero attached hydrogens (tertiary/aromatic N) is 2. The number of benzene rings is 1. The Kier molecular flexibility index (Phi) is 3.76. The molecule has 0 N–H and O–H groups in total.